The zero-order valence-electron chi connectivity index (χ0n) is 12.5. The van der Waals surface area contributed by atoms with Gasteiger partial charge in [-0.3, -0.25) is 4.79 Å². The van der Waals surface area contributed by atoms with Crippen LogP contribution in [0.3, 0.4) is 0 Å². The molecule has 1 aromatic carbocycles. The first-order valence-electron chi connectivity index (χ1n) is 6.86. The zero-order valence-corrected chi connectivity index (χ0v) is 13.3. The first kappa shape index (κ1) is 16.7. The molecule has 0 radical (unpaired) electrons. The Hall–Kier alpha value is -1.36. The van der Waals surface area contributed by atoms with Crippen molar-refractivity contribution in [1.82, 2.24) is 5.32 Å². The van der Waals surface area contributed by atoms with Gasteiger partial charge in [-0.25, -0.2) is 8.42 Å². The highest BCUT2D eigenvalue weighted by atomic mass is 32.2. The summed E-state index contributed by atoms with van der Waals surface area (Å²) in [6.07, 6.45) is 0.504. The van der Waals surface area contributed by atoms with Gasteiger partial charge in [-0.1, -0.05) is 24.6 Å². The number of hydrogen-bond donors (Lipinski definition) is 1. The van der Waals surface area contributed by atoms with Gasteiger partial charge in [0.1, 0.15) is 0 Å². The highest BCUT2D eigenvalue weighted by Crippen LogP contribution is 2.17. The third kappa shape index (κ3) is 4.63. The van der Waals surface area contributed by atoms with E-state index >= 15 is 0 Å². The van der Waals surface area contributed by atoms with Crippen LogP contribution in [0.1, 0.15) is 32.8 Å². The maximum Gasteiger partial charge on any atom is 0.224 e. The van der Waals surface area contributed by atoms with E-state index in [0.717, 1.165) is 5.56 Å². The Morgan fingerprint density at radius 3 is 2.20 bits per heavy atom. The molecule has 1 rings (SSSR count). The first-order valence-corrected chi connectivity index (χ1v) is 8.51. The van der Waals surface area contributed by atoms with Gasteiger partial charge < -0.3 is 5.32 Å². The maximum atomic E-state index is 12.3. The molecule has 0 heterocycles. The van der Waals surface area contributed by atoms with E-state index in [9.17, 15) is 13.2 Å². The summed E-state index contributed by atoms with van der Waals surface area (Å²) in [5.41, 5.74) is 1.01. The summed E-state index contributed by atoms with van der Waals surface area (Å²) in [5, 5.41) is 2.77. The summed E-state index contributed by atoms with van der Waals surface area (Å²) < 4.78 is 24.6. The molecule has 112 valence electrons. The van der Waals surface area contributed by atoms with E-state index in [-0.39, 0.29) is 22.6 Å². The molecule has 0 spiro atoms. The number of nitrogens with one attached hydrogen (secondary N) is 1. The average Bonchev–Trinajstić information content (AvgIpc) is 2.35. The molecule has 0 aliphatic heterocycles. The second-order valence-corrected chi connectivity index (χ2v) is 7.40. The average molecular weight is 297 g/mol. The predicted octanol–water partition coefficient (Wildman–Crippen LogP) is 2.32. The van der Waals surface area contributed by atoms with Crippen LogP contribution in [0.5, 0.6) is 0 Å². The van der Waals surface area contributed by atoms with Gasteiger partial charge in [0, 0.05) is 6.04 Å². The van der Waals surface area contributed by atoms with Crippen LogP contribution in [0.15, 0.2) is 29.2 Å². The van der Waals surface area contributed by atoms with Gasteiger partial charge in [-0.2, -0.15) is 0 Å². The lowest BCUT2D eigenvalue weighted by Gasteiger charge is -2.17. The largest absolute Gasteiger partial charge is 0.354 e. The minimum absolute atomic E-state index is 0.0126. The van der Waals surface area contributed by atoms with Gasteiger partial charge >= 0.3 is 0 Å². The molecule has 0 saturated carbocycles. The number of benzene rings is 1. The lowest BCUT2D eigenvalue weighted by Crippen LogP contribution is -2.38. The molecule has 1 N–H and O–H groups in total. The van der Waals surface area contributed by atoms with Crippen molar-refractivity contribution in [2.24, 2.45) is 5.92 Å². The first-order chi connectivity index (χ1) is 9.26. The Morgan fingerprint density at radius 2 is 1.75 bits per heavy atom. The lowest BCUT2D eigenvalue weighted by molar-refractivity contribution is -0.124. The third-order valence-corrected chi connectivity index (χ3v) is 4.93. The van der Waals surface area contributed by atoms with Crippen molar-refractivity contribution < 1.29 is 13.2 Å². The van der Waals surface area contributed by atoms with Gasteiger partial charge in [0.05, 0.1) is 16.6 Å². The van der Waals surface area contributed by atoms with Crippen molar-refractivity contribution in [2.75, 3.05) is 5.75 Å². The summed E-state index contributed by atoms with van der Waals surface area (Å²) in [7, 11) is -3.43. The van der Waals surface area contributed by atoms with Gasteiger partial charge in [0.15, 0.2) is 9.84 Å². The Bertz CT molecular complexity index is 547. The third-order valence-electron chi connectivity index (χ3n) is 3.10. The minimum atomic E-state index is -3.43. The quantitative estimate of drug-likeness (QED) is 0.876. The van der Waals surface area contributed by atoms with Crippen molar-refractivity contribution in [3.8, 4) is 0 Å². The van der Waals surface area contributed by atoms with Gasteiger partial charge in [0.2, 0.25) is 5.91 Å². The van der Waals surface area contributed by atoms with Crippen molar-refractivity contribution in [3.63, 3.8) is 0 Å². The SMILES string of the molecule is CCC(CS(=O)(=O)c1ccc(C)cc1)C(=O)NC(C)C. The number of hydrogen-bond acceptors (Lipinski definition) is 3. The molecule has 0 aromatic heterocycles. The normalized spacial score (nSPS) is 13.2. The molecule has 4 nitrogen and oxygen atoms in total. The number of amides is 1. The van der Waals surface area contributed by atoms with E-state index in [2.05, 4.69) is 5.32 Å². The minimum Gasteiger partial charge on any atom is -0.354 e. The van der Waals surface area contributed by atoms with E-state index < -0.39 is 15.8 Å². The van der Waals surface area contributed by atoms with Crippen molar-refractivity contribution in [3.05, 3.63) is 29.8 Å². The molecule has 1 aromatic rings. The maximum absolute atomic E-state index is 12.3. The molecule has 0 saturated heterocycles. The fraction of sp³-hybridized carbons (Fsp3) is 0.533. The van der Waals surface area contributed by atoms with Crippen LogP contribution in [0.2, 0.25) is 0 Å². The van der Waals surface area contributed by atoms with Gasteiger partial charge in [-0.15, -0.1) is 0 Å². The number of sulfone groups is 1. The molecule has 5 heteroatoms. The van der Waals surface area contributed by atoms with Gasteiger partial charge in [0.25, 0.3) is 0 Å². The van der Waals surface area contributed by atoms with E-state index in [1.54, 1.807) is 24.3 Å². The highest BCUT2D eigenvalue weighted by molar-refractivity contribution is 7.91. The van der Waals surface area contributed by atoms with Crippen molar-refractivity contribution in [1.29, 1.82) is 0 Å². The van der Waals surface area contributed by atoms with Crippen molar-refractivity contribution >= 4 is 15.7 Å². The molecule has 1 atom stereocenters. The Labute approximate surface area is 121 Å². The second-order valence-electron chi connectivity index (χ2n) is 5.36. The van der Waals surface area contributed by atoms with Crippen LogP contribution in [0.25, 0.3) is 0 Å². The molecular formula is C15H23NO3S. The molecule has 0 aliphatic rings. The van der Waals surface area contributed by atoms with Crippen LogP contribution >= 0.6 is 0 Å². The summed E-state index contributed by atoms with van der Waals surface area (Å²) in [6, 6.07) is 6.73. The molecular weight excluding hydrogens is 274 g/mol. The molecule has 1 unspecified atom stereocenters. The second kappa shape index (κ2) is 6.88. The van der Waals surface area contributed by atoms with Gasteiger partial charge in [-0.05, 0) is 39.3 Å². The van der Waals surface area contributed by atoms with E-state index in [1.165, 1.54) is 0 Å². The Morgan fingerprint density at radius 1 is 1.20 bits per heavy atom. The predicted molar refractivity (Wildman–Crippen MR) is 80.3 cm³/mol. The molecule has 1 amide bonds. The van der Waals surface area contributed by atoms with Crippen LogP contribution in [-0.2, 0) is 14.6 Å². The van der Waals surface area contributed by atoms with E-state index in [0.29, 0.717) is 6.42 Å². The van der Waals surface area contributed by atoms with Crippen LogP contribution < -0.4 is 5.32 Å². The smallest absolute Gasteiger partial charge is 0.224 e. The number of rotatable bonds is 6. The highest BCUT2D eigenvalue weighted by Gasteiger charge is 2.25. The molecule has 0 aliphatic carbocycles. The summed E-state index contributed by atoms with van der Waals surface area (Å²) >= 11 is 0. The zero-order chi connectivity index (χ0) is 15.3. The fourth-order valence-corrected chi connectivity index (χ4v) is 3.55. The molecule has 0 fully saturated rings. The van der Waals surface area contributed by atoms with Crippen LogP contribution in [0.4, 0.5) is 0 Å². The standard InChI is InChI=1S/C15H23NO3S/c1-5-13(15(17)16-11(2)3)10-20(18,19)14-8-6-12(4)7-9-14/h6-9,11,13H,5,10H2,1-4H3,(H,16,17). The van der Waals surface area contributed by atoms with E-state index in [1.807, 2.05) is 27.7 Å². The lowest BCUT2D eigenvalue weighted by atomic mass is 10.1. The van der Waals surface area contributed by atoms with E-state index in [4.69, 9.17) is 0 Å². The Balaban J connectivity index is 2.88. The Kier molecular flexibility index (Phi) is 5.74. The van der Waals surface area contributed by atoms with Crippen LogP contribution in [-0.4, -0.2) is 26.1 Å². The summed E-state index contributed by atoms with van der Waals surface area (Å²) in [6.45, 7) is 7.45. The summed E-state index contributed by atoms with van der Waals surface area (Å²) in [4.78, 5) is 12.2. The number of aryl methyl sites for hydroxylation is 1. The summed E-state index contributed by atoms with van der Waals surface area (Å²) in [5.74, 6) is -0.854. The van der Waals surface area contributed by atoms with Crippen LogP contribution in [0, 0.1) is 12.8 Å². The fourth-order valence-electron chi connectivity index (χ4n) is 1.89. The molecule has 0 bridgehead atoms. The number of carbonyl (C=O) groups excluding carboxylic acids is 1. The monoisotopic (exact) mass is 297 g/mol. The van der Waals surface area contributed by atoms with Crippen molar-refractivity contribution in [2.45, 2.75) is 45.1 Å². The topological polar surface area (TPSA) is 63.2 Å². The number of carbonyl (C=O) groups is 1. The molecule has 20 heavy (non-hydrogen) atoms.